The van der Waals surface area contributed by atoms with Crippen LogP contribution in [0.4, 0.5) is 10.1 Å². The molecule has 1 amide bonds. The van der Waals surface area contributed by atoms with Crippen LogP contribution in [0, 0.1) is 5.82 Å². The normalized spacial score (nSPS) is 26.8. The van der Waals surface area contributed by atoms with Crippen LogP contribution in [-0.2, 0) is 17.8 Å². The van der Waals surface area contributed by atoms with Crippen LogP contribution in [0.3, 0.4) is 0 Å². The van der Waals surface area contributed by atoms with Crippen molar-refractivity contribution in [1.82, 2.24) is 10.2 Å². The highest BCUT2D eigenvalue weighted by Gasteiger charge is 2.68. The monoisotopic (exact) mass is 429 g/mol. The third-order valence-electron chi connectivity index (χ3n) is 6.55. The van der Waals surface area contributed by atoms with Crippen molar-refractivity contribution in [2.75, 3.05) is 25.5 Å². The van der Waals surface area contributed by atoms with Gasteiger partial charge in [-0.1, -0.05) is 23.7 Å². The first-order valence-corrected chi connectivity index (χ1v) is 10.7. The number of halogens is 2. The number of carbonyl (C=O) groups is 1. The van der Waals surface area contributed by atoms with Crippen LogP contribution in [0.15, 0.2) is 36.4 Å². The van der Waals surface area contributed by atoms with Crippen LogP contribution in [0.2, 0.25) is 5.02 Å². The summed E-state index contributed by atoms with van der Waals surface area (Å²) in [5.74, 6) is -0.446. The van der Waals surface area contributed by atoms with Crippen molar-refractivity contribution < 1.29 is 13.9 Å². The lowest BCUT2D eigenvalue weighted by molar-refractivity contribution is -0.135. The van der Waals surface area contributed by atoms with Gasteiger partial charge in [0.05, 0.1) is 5.02 Å². The number of carbonyl (C=O) groups excluding carboxylic acids is 1. The Bertz CT molecular complexity index is 992. The first kappa shape index (κ1) is 19.6. The molecule has 0 spiro atoms. The number of rotatable bonds is 6. The minimum absolute atomic E-state index is 0.0326. The summed E-state index contributed by atoms with van der Waals surface area (Å²) in [7, 11) is 2.16. The Hall–Kier alpha value is -2.31. The maximum atomic E-state index is 13.5. The van der Waals surface area contributed by atoms with Crippen LogP contribution < -0.4 is 15.4 Å². The van der Waals surface area contributed by atoms with Crippen molar-refractivity contribution >= 4 is 23.2 Å². The molecule has 30 heavy (non-hydrogen) atoms. The highest BCUT2D eigenvalue weighted by molar-refractivity contribution is 6.30. The molecule has 0 radical (unpaired) electrons. The van der Waals surface area contributed by atoms with Gasteiger partial charge in [0.15, 0.2) is 6.61 Å². The van der Waals surface area contributed by atoms with Gasteiger partial charge in [-0.3, -0.25) is 4.79 Å². The van der Waals surface area contributed by atoms with E-state index in [1.54, 1.807) is 6.07 Å². The van der Waals surface area contributed by atoms with E-state index >= 15 is 0 Å². The van der Waals surface area contributed by atoms with Gasteiger partial charge in [0, 0.05) is 35.9 Å². The number of likely N-dealkylation sites (N-methyl/N-ethyl adjacent to an activating group) is 1. The van der Waals surface area contributed by atoms with Crippen molar-refractivity contribution in [2.24, 2.45) is 0 Å². The van der Waals surface area contributed by atoms with Gasteiger partial charge >= 0.3 is 0 Å². The quantitative estimate of drug-likeness (QED) is 0.734. The molecule has 6 rings (SSSR count). The van der Waals surface area contributed by atoms with Crippen molar-refractivity contribution in [3.63, 3.8) is 0 Å². The third-order valence-corrected chi connectivity index (χ3v) is 6.86. The molecule has 2 aromatic carbocycles. The van der Waals surface area contributed by atoms with E-state index in [0.29, 0.717) is 5.75 Å². The molecule has 3 fully saturated rings. The lowest BCUT2D eigenvalue weighted by atomic mass is 9.44. The SMILES string of the molecule is CN1CCc2c(cccc2NC23CC(NC(=O)COc4ccc(Cl)c(F)c4)(C2)C3)C1. The molecule has 7 heteroatoms. The zero-order valence-corrected chi connectivity index (χ0v) is 17.7. The lowest BCUT2D eigenvalue weighted by Crippen LogP contribution is -2.81. The van der Waals surface area contributed by atoms with Crippen LogP contribution in [0.5, 0.6) is 5.75 Å². The lowest BCUT2D eigenvalue weighted by Gasteiger charge is -2.70. The van der Waals surface area contributed by atoms with Crippen molar-refractivity contribution in [3.8, 4) is 5.75 Å². The van der Waals surface area contributed by atoms with E-state index in [0.717, 1.165) is 38.8 Å². The van der Waals surface area contributed by atoms with Gasteiger partial charge in [0.25, 0.3) is 5.91 Å². The maximum absolute atomic E-state index is 13.5. The molecule has 2 N–H and O–H groups in total. The molecule has 4 aliphatic rings. The minimum Gasteiger partial charge on any atom is -0.484 e. The second-order valence-electron chi connectivity index (χ2n) is 9.06. The van der Waals surface area contributed by atoms with E-state index < -0.39 is 5.82 Å². The van der Waals surface area contributed by atoms with E-state index in [9.17, 15) is 9.18 Å². The predicted molar refractivity (Wildman–Crippen MR) is 114 cm³/mol. The molecule has 2 aromatic rings. The van der Waals surface area contributed by atoms with Crippen molar-refractivity contribution in [2.45, 2.75) is 43.3 Å². The van der Waals surface area contributed by atoms with Gasteiger partial charge in [-0.2, -0.15) is 0 Å². The number of fused-ring (bicyclic) bond motifs is 1. The molecule has 0 aromatic heterocycles. The predicted octanol–water partition coefficient (Wildman–Crippen LogP) is 3.75. The number of hydrogen-bond acceptors (Lipinski definition) is 4. The fourth-order valence-corrected chi connectivity index (χ4v) is 5.37. The summed E-state index contributed by atoms with van der Waals surface area (Å²) >= 11 is 5.66. The smallest absolute Gasteiger partial charge is 0.258 e. The zero-order chi connectivity index (χ0) is 20.9. The average Bonchev–Trinajstić information content (AvgIpc) is 2.66. The van der Waals surface area contributed by atoms with Gasteiger partial charge in [-0.25, -0.2) is 4.39 Å². The Morgan fingerprint density at radius 1 is 1.23 bits per heavy atom. The summed E-state index contributed by atoms with van der Waals surface area (Å²) in [6.45, 7) is 1.94. The van der Waals surface area contributed by atoms with E-state index in [1.165, 1.54) is 28.9 Å². The molecule has 0 atom stereocenters. The number of nitrogens with one attached hydrogen (secondary N) is 2. The fraction of sp³-hybridized carbons (Fsp3) is 0.435. The largest absolute Gasteiger partial charge is 0.484 e. The number of benzene rings is 2. The summed E-state index contributed by atoms with van der Waals surface area (Å²) < 4.78 is 18.9. The molecule has 3 saturated carbocycles. The highest BCUT2D eigenvalue weighted by Crippen LogP contribution is 2.62. The molecular formula is C23H25ClFN3O2. The molecular weight excluding hydrogens is 405 g/mol. The molecule has 158 valence electrons. The van der Waals surface area contributed by atoms with Gasteiger partial charge < -0.3 is 20.3 Å². The van der Waals surface area contributed by atoms with Crippen LogP contribution in [0.1, 0.15) is 30.4 Å². The molecule has 1 aliphatic heterocycles. The van der Waals surface area contributed by atoms with E-state index in [-0.39, 0.29) is 28.6 Å². The molecule has 1 heterocycles. The molecule has 0 saturated heterocycles. The summed E-state index contributed by atoms with van der Waals surface area (Å²) in [4.78, 5) is 14.7. The van der Waals surface area contributed by atoms with Crippen LogP contribution in [0.25, 0.3) is 0 Å². The summed E-state index contributed by atoms with van der Waals surface area (Å²) in [6.07, 6.45) is 3.83. The van der Waals surface area contributed by atoms with Crippen molar-refractivity contribution in [3.05, 3.63) is 58.4 Å². The third kappa shape index (κ3) is 3.52. The Morgan fingerprint density at radius 3 is 2.80 bits per heavy atom. The Morgan fingerprint density at radius 2 is 2.03 bits per heavy atom. The van der Waals surface area contributed by atoms with E-state index in [4.69, 9.17) is 16.3 Å². The van der Waals surface area contributed by atoms with Gasteiger partial charge in [-0.15, -0.1) is 0 Å². The highest BCUT2D eigenvalue weighted by atomic mass is 35.5. The number of ether oxygens (including phenoxy) is 1. The van der Waals surface area contributed by atoms with Crippen LogP contribution in [-0.4, -0.2) is 42.1 Å². The molecule has 0 unspecified atom stereocenters. The zero-order valence-electron chi connectivity index (χ0n) is 16.9. The number of amides is 1. The number of hydrogen-bond donors (Lipinski definition) is 2. The summed E-state index contributed by atoms with van der Waals surface area (Å²) in [6, 6.07) is 10.7. The second kappa shape index (κ2) is 7.13. The second-order valence-corrected chi connectivity index (χ2v) is 9.47. The molecule has 3 aliphatic carbocycles. The van der Waals surface area contributed by atoms with E-state index in [2.05, 4.69) is 40.8 Å². The summed E-state index contributed by atoms with van der Waals surface area (Å²) in [5, 5.41) is 6.91. The minimum atomic E-state index is -0.559. The fourth-order valence-electron chi connectivity index (χ4n) is 5.25. The average molecular weight is 430 g/mol. The maximum Gasteiger partial charge on any atom is 0.258 e. The molecule has 2 bridgehead atoms. The Labute approximate surface area is 180 Å². The molecule has 5 nitrogen and oxygen atoms in total. The van der Waals surface area contributed by atoms with Gasteiger partial charge in [0.2, 0.25) is 0 Å². The Kier molecular flexibility index (Phi) is 4.67. The van der Waals surface area contributed by atoms with Crippen LogP contribution >= 0.6 is 11.6 Å². The van der Waals surface area contributed by atoms with Gasteiger partial charge in [-0.05, 0) is 62.1 Å². The summed E-state index contributed by atoms with van der Waals surface area (Å²) in [5.41, 5.74) is 4.04. The first-order chi connectivity index (χ1) is 14.4. The van der Waals surface area contributed by atoms with Gasteiger partial charge in [0.1, 0.15) is 11.6 Å². The Balaban J connectivity index is 1.14. The topological polar surface area (TPSA) is 53.6 Å². The first-order valence-electron chi connectivity index (χ1n) is 10.3. The van der Waals surface area contributed by atoms with E-state index in [1.807, 2.05) is 0 Å². The number of anilines is 1. The standard InChI is InChI=1S/C23H25ClFN3O2/c1-28-8-7-17-15(10-28)3-2-4-20(17)26-22-12-23(13-22,14-22)27-21(29)11-30-16-5-6-18(24)19(25)9-16/h2-6,9,26H,7-8,10-14H2,1H3,(H,27,29). The number of nitrogens with zero attached hydrogens (tertiary/aromatic N) is 1. The van der Waals surface area contributed by atoms with Crippen molar-refractivity contribution in [1.29, 1.82) is 0 Å².